The van der Waals surface area contributed by atoms with Crippen molar-refractivity contribution in [3.8, 4) is 0 Å². The highest BCUT2D eigenvalue weighted by molar-refractivity contribution is 7.91. The molecule has 0 unspecified atom stereocenters. The van der Waals surface area contributed by atoms with Crippen LogP contribution in [-0.2, 0) is 34.2 Å². The van der Waals surface area contributed by atoms with Crippen molar-refractivity contribution in [1.82, 2.24) is 9.62 Å². The monoisotopic (exact) mass is 446 g/mol. The van der Waals surface area contributed by atoms with Gasteiger partial charge in [-0.15, -0.1) is 0 Å². The molecular formula is C18H26N2O7S2. The van der Waals surface area contributed by atoms with E-state index in [0.29, 0.717) is 6.42 Å². The van der Waals surface area contributed by atoms with E-state index in [-0.39, 0.29) is 29.4 Å². The first kappa shape index (κ1) is 23.3. The Hall–Kier alpha value is -1.98. The van der Waals surface area contributed by atoms with Crippen LogP contribution in [0.1, 0.15) is 25.3 Å². The Labute approximate surface area is 171 Å². The molecule has 0 aliphatic carbocycles. The first-order chi connectivity index (χ1) is 13.4. The smallest absolute Gasteiger partial charge is 0.307 e. The third-order valence-corrected chi connectivity index (χ3v) is 7.94. The van der Waals surface area contributed by atoms with Gasteiger partial charge in [-0.3, -0.25) is 9.59 Å². The number of likely N-dealkylation sites (N-methyl/N-ethyl adjacent to an activating group) is 1. The third kappa shape index (κ3) is 6.51. The number of sulfone groups is 1. The Morgan fingerprint density at radius 2 is 1.90 bits per heavy atom. The number of nitrogens with zero attached hydrogens (tertiary/aromatic N) is 1. The van der Waals surface area contributed by atoms with Gasteiger partial charge in [0.05, 0.1) is 22.8 Å². The second-order valence-electron chi connectivity index (χ2n) is 7.10. The molecule has 162 valence electrons. The quantitative estimate of drug-likeness (QED) is 0.567. The lowest BCUT2D eigenvalue weighted by Gasteiger charge is -2.26. The Morgan fingerprint density at radius 3 is 2.45 bits per heavy atom. The number of ether oxygens (including phenoxy) is 1. The van der Waals surface area contributed by atoms with Crippen LogP contribution in [0.3, 0.4) is 0 Å². The number of carbonyl (C=O) groups excluding carboxylic acids is 2. The summed E-state index contributed by atoms with van der Waals surface area (Å²) in [5, 5.41) is 0. The zero-order valence-corrected chi connectivity index (χ0v) is 18.3. The van der Waals surface area contributed by atoms with Crippen molar-refractivity contribution in [2.45, 2.75) is 43.7 Å². The van der Waals surface area contributed by atoms with Crippen molar-refractivity contribution in [2.24, 2.45) is 0 Å². The number of rotatable bonds is 8. The van der Waals surface area contributed by atoms with Crippen LogP contribution in [0.2, 0.25) is 0 Å². The Morgan fingerprint density at radius 1 is 1.28 bits per heavy atom. The second-order valence-corrected chi connectivity index (χ2v) is 11.1. The molecule has 2 atom stereocenters. The molecule has 1 saturated heterocycles. The summed E-state index contributed by atoms with van der Waals surface area (Å²) in [6.07, 6.45) is -0.986. The van der Waals surface area contributed by atoms with E-state index in [0.717, 1.165) is 5.56 Å². The Bertz CT molecular complexity index is 956. The molecule has 1 heterocycles. The average Bonchev–Trinajstić information content (AvgIpc) is 3.00. The number of hydrogen-bond donors (Lipinski definition) is 1. The van der Waals surface area contributed by atoms with Gasteiger partial charge in [0, 0.05) is 19.6 Å². The van der Waals surface area contributed by atoms with Crippen molar-refractivity contribution >= 4 is 31.7 Å². The van der Waals surface area contributed by atoms with Gasteiger partial charge in [-0.05, 0) is 32.4 Å². The number of benzene rings is 1. The minimum absolute atomic E-state index is 0.0323. The van der Waals surface area contributed by atoms with E-state index in [4.69, 9.17) is 4.74 Å². The standard InChI is InChI=1S/C18H26N2O7S2/c1-13-4-6-16(7-5-13)29(25,26)19-10-8-17(21)27-14(2)18(22)20(3)15-9-11-28(23,24)12-15/h4-7,14-15,19H,8-12H2,1-3H3/t14-,15-/m0/s1. The molecule has 9 nitrogen and oxygen atoms in total. The molecule has 1 aromatic carbocycles. The fourth-order valence-electron chi connectivity index (χ4n) is 2.94. The topological polar surface area (TPSA) is 127 Å². The fourth-order valence-corrected chi connectivity index (χ4v) is 5.75. The zero-order valence-electron chi connectivity index (χ0n) is 16.6. The predicted molar refractivity (Wildman–Crippen MR) is 106 cm³/mol. The molecule has 1 fully saturated rings. The Balaban J connectivity index is 1.81. The van der Waals surface area contributed by atoms with Gasteiger partial charge in [-0.25, -0.2) is 21.6 Å². The SMILES string of the molecule is Cc1ccc(S(=O)(=O)NCCC(=O)O[C@@H](C)C(=O)N(C)[C@H]2CCS(=O)(=O)C2)cc1. The molecule has 1 aliphatic rings. The van der Waals surface area contributed by atoms with Crippen LogP contribution >= 0.6 is 0 Å². The molecule has 29 heavy (non-hydrogen) atoms. The molecule has 0 aromatic heterocycles. The minimum Gasteiger partial charge on any atom is -0.452 e. The van der Waals surface area contributed by atoms with Crippen molar-refractivity contribution in [3.63, 3.8) is 0 Å². The van der Waals surface area contributed by atoms with Gasteiger partial charge >= 0.3 is 5.97 Å². The second kappa shape index (κ2) is 9.23. The van der Waals surface area contributed by atoms with E-state index in [1.165, 1.54) is 31.0 Å². The largest absolute Gasteiger partial charge is 0.452 e. The molecule has 1 amide bonds. The van der Waals surface area contributed by atoms with Crippen molar-refractivity contribution in [2.75, 3.05) is 25.1 Å². The van der Waals surface area contributed by atoms with Gasteiger partial charge in [-0.2, -0.15) is 0 Å². The molecule has 1 aliphatic heterocycles. The molecule has 2 rings (SSSR count). The first-order valence-corrected chi connectivity index (χ1v) is 12.4. The van der Waals surface area contributed by atoms with Crippen LogP contribution in [0, 0.1) is 6.92 Å². The lowest BCUT2D eigenvalue weighted by molar-refractivity contribution is -0.159. The molecule has 0 bridgehead atoms. The van der Waals surface area contributed by atoms with E-state index >= 15 is 0 Å². The number of aryl methyl sites for hydroxylation is 1. The summed E-state index contributed by atoms with van der Waals surface area (Å²) in [7, 11) is -5.40. The summed E-state index contributed by atoms with van der Waals surface area (Å²) >= 11 is 0. The lowest BCUT2D eigenvalue weighted by Crippen LogP contribution is -2.44. The van der Waals surface area contributed by atoms with Crippen LogP contribution in [0.5, 0.6) is 0 Å². The fraction of sp³-hybridized carbons (Fsp3) is 0.556. The molecular weight excluding hydrogens is 420 g/mol. The molecule has 1 aromatic rings. The predicted octanol–water partition coefficient (Wildman–Crippen LogP) is 0.241. The zero-order chi connectivity index (χ0) is 21.8. The van der Waals surface area contributed by atoms with Crippen LogP contribution < -0.4 is 4.72 Å². The minimum atomic E-state index is -3.74. The summed E-state index contributed by atoms with van der Waals surface area (Å²) in [6.45, 7) is 3.06. The summed E-state index contributed by atoms with van der Waals surface area (Å²) in [4.78, 5) is 25.7. The molecule has 0 saturated carbocycles. The van der Waals surface area contributed by atoms with Crippen LogP contribution in [0.4, 0.5) is 0 Å². The summed E-state index contributed by atoms with van der Waals surface area (Å²) in [5.41, 5.74) is 0.923. The van der Waals surface area contributed by atoms with Crippen molar-refractivity contribution in [3.05, 3.63) is 29.8 Å². The van der Waals surface area contributed by atoms with Gasteiger partial charge in [0.1, 0.15) is 0 Å². The number of amides is 1. The first-order valence-electron chi connectivity index (χ1n) is 9.14. The van der Waals surface area contributed by atoms with E-state index in [9.17, 15) is 26.4 Å². The normalized spacial score (nSPS) is 19.5. The Kier molecular flexibility index (Phi) is 7.41. The number of nitrogens with one attached hydrogen (secondary N) is 1. The maximum atomic E-state index is 12.4. The third-order valence-electron chi connectivity index (χ3n) is 4.71. The van der Waals surface area contributed by atoms with Gasteiger partial charge in [0.25, 0.3) is 5.91 Å². The van der Waals surface area contributed by atoms with E-state index in [1.54, 1.807) is 12.1 Å². The van der Waals surface area contributed by atoms with Crippen LogP contribution in [-0.4, -0.2) is 70.9 Å². The highest BCUT2D eigenvalue weighted by Crippen LogP contribution is 2.18. The summed E-state index contributed by atoms with van der Waals surface area (Å²) < 4.78 is 54.8. The van der Waals surface area contributed by atoms with Crippen LogP contribution in [0.25, 0.3) is 0 Å². The average molecular weight is 447 g/mol. The number of hydrogen-bond acceptors (Lipinski definition) is 7. The van der Waals surface area contributed by atoms with Gasteiger partial charge in [-0.1, -0.05) is 17.7 Å². The number of sulfonamides is 1. The van der Waals surface area contributed by atoms with E-state index in [1.807, 2.05) is 6.92 Å². The maximum Gasteiger partial charge on any atom is 0.307 e. The number of carbonyl (C=O) groups is 2. The van der Waals surface area contributed by atoms with Gasteiger partial charge in [0.2, 0.25) is 10.0 Å². The summed E-state index contributed by atoms with van der Waals surface area (Å²) in [5.74, 6) is -1.30. The van der Waals surface area contributed by atoms with Gasteiger partial charge < -0.3 is 9.64 Å². The van der Waals surface area contributed by atoms with Gasteiger partial charge in [0.15, 0.2) is 15.9 Å². The van der Waals surface area contributed by atoms with Crippen LogP contribution in [0.15, 0.2) is 29.2 Å². The summed E-state index contributed by atoms with van der Waals surface area (Å²) in [6, 6.07) is 5.84. The lowest BCUT2D eigenvalue weighted by atomic mass is 10.2. The molecule has 0 radical (unpaired) electrons. The van der Waals surface area contributed by atoms with Crippen molar-refractivity contribution in [1.29, 1.82) is 0 Å². The van der Waals surface area contributed by atoms with E-state index < -0.39 is 43.9 Å². The molecule has 0 spiro atoms. The highest BCUT2D eigenvalue weighted by atomic mass is 32.2. The van der Waals surface area contributed by atoms with E-state index in [2.05, 4.69) is 4.72 Å². The van der Waals surface area contributed by atoms with Crippen molar-refractivity contribution < 1.29 is 31.2 Å². The highest BCUT2D eigenvalue weighted by Gasteiger charge is 2.34. The number of esters is 1. The maximum absolute atomic E-state index is 12.4. The molecule has 11 heteroatoms. The molecule has 1 N–H and O–H groups in total.